The van der Waals surface area contributed by atoms with E-state index < -0.39 is 0 Å². The van der Waals surface area contributed by atoms with E-state index in [-0.39, 0.29) is 17.7 Å². The van der Waals surface area contributed by atoms with Gasteiger partial charge in [0.15, 0.2) is 0 Å². The third-order valence-electron chi connectivity index (χ3n) is 5.04. The van der Waals surface area contributed by atoms with Crippen LogP contribution in [0, 0.1) is 12.8 Å². The molecule has 29 heavy (non-hydrogen) atoms. The number of carbonyl (C=O) groups is 1. The number of aryl methyl sites for hydroxylation is 1. The maximum atomic E-state index is 12.0. The van der Waals surface area contributed by atoms with Gasteiger partial charge in [0.2, 0.25) is 11.8 Å². The van der Waals surface area contributed by atoms with Crippen molar-refractivity contribution in [2.24, 2.45) is 5.92 Å². The molecule has 2 aromatic heterocycles. The summed E-state index contributed by atoms with van der Waals surface area (Å²) in [5.74, 6) is 0.906. The molecule has 2 heterocycles. The molecule has 0 spiro atoms. The molecule has 3 aromatic rings. The Balaban J connectivity index is 1.55. The first-order valence-electron chi connectivity index (χ1n) is 9.79. The van der Waals surface area contributed by atoms with E-state index in [4.69, 9.17) is 9.40 Å². The van der Waals surface area contributed by atoms with Gasteiger partial charge in [-0.3, -0.25) is 9.78 Å². The molecule has 1 aromatic carbocycles. The van der Waals surface area contributed by atoms with Crippen LogP contribution in [0.1, 0.15) is 36.2 Å². The quantitative estimate of drug-likeness (QED) is 0.636. The zero-order valence-electron chi connectivity index (χ0n) is 16.8. The lowest BCUT2D eigenvalue weighted by molar-refractivity contribution is -0.122. The van der Waals surface area contributed by atoms with Crippen LogP contribution in [0.5, 0.6) is 0 Å². The van der Waals surface area contributed by atoms with Gasteiger partial charge in [0.25, 0.3) is 5.89 Å². The molecule has 0 saturated heterocycles. The lowest BCUT2D eigenvalue weighted by Gasteiger charge is -2.04. The van der Waals surface area contributed by atoms with Crippen LogP contribution < -0.4 is 10.6 Å². The minimum Gasteiger partial charge on any atom is -0.415 e. The van der Waals surface area contributed by atoms with Crippen molar-refractivity contribution in [3.63, 3.8) is 0 Å². The van der Waals surface area contributed by atoms with Crippen LogP contribution in [0.15, 0.2) is 34.9 Å². The van der Waals surface area contributed by atoms with E-state index in [1.54, 1.807) is 6.20 Å². The number of aromatic nitrogens is 4. The third-order valence-corrected chi connectivity index (χ3v) is 5.04. The lowest BCUT2D eigenvalue weighted by Crippen LogP contribution is -2.24. The topological polar surface area (TPSA) is 106 Å². The molecule has 0 aliphatic heterocycles. The van der Waals surface area contributed by atoms with Crippen LogP contribution in [-0.2, 0) is 11.3 Å². The minimum atomic E-state index is -0.0332. The monoisotopic (exact) mass is 392 g/mol. The fraction of sp³-hybridized carbons (Fsp3) is 0.381. The van der Waals surface area contributed by atoms with Crippen LogP contribution in [0.3, 0.4) is 0 Å². The Kier molecular flexibility index (Phi) is 5.35. The van der Waals surface area contributed by atoms with E-state index in [9.17, 15) is 4.79 Å². The molecule has 1 aliphatic rings. The Bertz CT molecular complexity index is 1010. The molecule has 1 aliphatic carbocycles. The lowest BCUT2D eigenvalue weighted by atomic mass is 10.1. The molecule has 1 saturated carbocycles. The van der Waals surface area contributed by atoms with E-state index in [1.807, 2.05) is 45.2 Å². The van der Waals surface area contributed by atoms with Crippen LogP contribution >= 0.6 is 0 Å². The number of amides is 1. The van der Waals surface area contributed by atoms with Crippen molar-refractivity contribution in [3.8, 4) is 23.0 Å². The molecule has 1 amide bonds. The zero-order chi connectivity index (χ0) is 20.4. The van der Waals surface area contributed by atoms with Crippen molar-refractivity contribution >= 4 is 5.91 Å². The van der Waals surface area contributed by atoms with E-state index >= 15 is 0 Å². The summed E-state index contributed by atoms with van der Waals surface area (Å²) in [5, 5.41) is 14.3. The summed E-state index contributed by atoms with van der Waals surface area (Å²) in [6, 6.07) is 7.96. The van der Waals surface area contributed by atoms with E-state index in [0.29, 0.717) is 29.7 Å². The van der Waals surface area contributed by atoms with Gasteiger partial charge in [-0.05, 0) is 45.0 Å². The molecule has 8 heteroatoms. The molecule has 2 unspecified atom stereocenters. The summed E-state index contributed by atoms with van der Waals surface area (Å²) in [4.78, 5) is 21.2. The molecule has 1 fully saturated rings. The van der Waals surface area contributed by atoms with Gasteiger partial charge < -0.3 is 15.1 Å². The third kappa shape index (κ3) is 4.02. The Labute approximate surface area is 169 Å². The molecule has 2 atom stereocenters. The summed E-state index contributed by atoms with van der Waals surface area (Å²) in [5.41, 5.74) is 4.09. The molecule has 0 radical (unpaired) electrons. The van der Waals surface area contributed by atoms with Crippen molar-refractivity contribution in [1.82, 2.24) is 30.8 Å². The SMILES string of the molecule is CCNC(=O)C1CC1c1cnc(C)c(-c2nnc(-c3ccc(CNC)cc3)o2)n1. The van der Waals surface area contributed by atoms with Crippen LogP contribution in [-0.4, -0.2) is 39.7 Å². The first kappa shape index (κ1) is 19.2. The minimum absolute atomic E-state index is 0.0332. The summed E-state index contributed by atoms with van der Waals surface area (Å²) in [6.07, 6.45) is 2.53. The summed E-state index contributed by atoms with van der Waals surface area (Å²) in [7, 11) is 1.91. The van der Waals surface area contributed by atoms with Gasteiger partial charge in [-0.1, -0.05) is 12.1 Å². The highest BCUT2D eigenvalue weighted by Gasteiger charge is 2.45. The maximum absolute atomic E-state index is 12.0. The fourth-order valence-electron chi connectivity index (χ4n) is 3.37. The number of benzene rings is 1. The molecule has 150 valence electrons. The molecule has 0 bridgehead atoms. The standard InChI is InChI=1S/C21H24N6O2/c1-4-23-19(28)16-9-15(16)17-11-24-12(2)18(25-17)21-27-26-20(29-21)14-7-5-13(6-8-14)10-22-3/h5-8,11,15-16,22H,4,9-10H2,1-3H3,(H,23,28). The zero-order valence-corrected chi connectivity index (χ0v) is 16.8. The van der Waals surface area contributed by atoms with Crippen molar-refractivity contribution in [1.29, 1.82) is 0 Å². The second-order valence-electron chi connectivity index (χ2n) is 7.21. The first-order valence-corrected chi connectivity index (χ1v) is 9.79. The first-order chi connectivity index (χ1) is 14.1. The van der Waals surface area contributed by atoms with Crippen molar-refractivity contribution < 1.29 is 9.21 Å². The van der Waals surface area contributed by atoms with Gasteiger partial charge in [-0.15, -0.1) is 10.2 Å². The molecule has 8 nitrogen and oxygen atoms in total. The smallest absolute Gasteiger partial charge is 0.268 e. The molecule has 4 rings (SSSR count). The normalized spacial score (nSPS) is 17.9. The maximum Gasteiger partial charge on any atom is 0.268 e. The summed E-state index contributed by atoms with van der Waals surface area (Å²) < 4.78 is 5.88. The average molecular weight is 392 g/mol. The Morgan fingerprint density at radius 1 is 1.21 bits per heavy atom. The van der Waals surface area contributed by atoms with Gasteiger partial charge in [0.1, 0.15) is 5.69 Å². The fourth-order valence-corrected chi connectivity index (χ4v) is 3.37. The Hall–Kier alpha value is -3.13. The van der Waals surface area contributed by atoms with E-state index in [1.165, 1.54) is 5.56 Å². The Morgan fingerprint density at radius 3 is 2.69 bits per heavy atom. The number of hydrogen-bond acceptors (Lipinski definition) is 7. The van der Waals surface area contributed by atoms with Gasteiger partial charge in [-0.2, -0.15) is 0 Å². The van der Waals surface area contributed by atoms with Crippen LogP contribution in [0.2, 0.25) is 0 Å². The highest BCUT2D eigenvalue weighted by atomic mass is 16.4. The molecular weight excluding hydrogens is 368 g/mol. The second-order valence-corrected chi connectivity index (χ2v) is 7.21. The largest absolute Gasteiger partial charge is 0.415 e. The average Bonchev–Trinajstić information content (AvgIpc) is 3.38. The second kappa shape index (κ2) is 8.08. The van der Waals surface area contributed by atoms with Gasteiger partial charge >= 0.3 is 0 Å². The van der Waals surface area contributed by atoms with Crippen molar-refractivity contribution in [2.75, 3.05) is 13.6 Å². The number of hydrogen-bond donors (Lipinski definition) is 2. The highest BCUT2D eigenvalue weighted by Crippen LogP contribution is 2.47. The number of carbonyl (C=O) groups excluding carboxylic acids is 1. The van der Waals surface area contributed by atoms with Crippen molar-refractivity contribution in [3.05, 3.63) is 47.4 Å². The van der Waals surface area contributed by atoms with Gasteiger partial charge in [0, 0.05) is 36.7 Å². The van der Waals surface area contributed by atoms with E-state index in [0.717, 1.165) is 24.2 Å². The highest BCUT2D eigenvalue weighted by molar-refractivity contribution is 5.82. The predicted molar refractivity (Wildman–Crippen MR) is 108 cm³/mol. The van der Waals surface area contributed by atoms with Gasteiger partial charge in [0.05, 0.1) is 11.4 Å². The van der Waals surface area contributed by atoms with E-state index in [2.05, 4.69) is 25.8 Å². The number of nitrogens with zero attached hydrogens (tertiary/aromatic N) is 4. The molecule has 2 N–H and O–H groups in total. The van der Waals surface area contributed by atoms with Crippen LogP contribution in [0.4, 0.5) is 0 Å². The molecular formula is C21H24N6O2. The summed E-state index contributed by atoms with van der Waals surface area (Å²) in [6.45, 7) is 5.21. The number of rotatable bonds is 7. The number of nitrogens with one attached hydrogen (secondary N) is 2. The van der Waals surface area contributed by atoms with Crippen LogP contribution in [0.25, 0.3) is 23.0 Å². The Morgan fingerprint density at radius 2 is 1.97 bits per heavy atom. The van der Waals surface area contributed by atoms with Gasteiger partial charge in [-0.25, -0.2) is 4.98 Å². The predicted octanol–water partition coefficient (Wildman–Crippen LogP) is 2.46. The summed E-state index contributed by atoms with van der Waals surface area (Å²) >= 11 is 0. The van der Waals surface area contributed by atoms with Crippen molar-refractivity contribution in [2.45, 2.75) is 32.7 Å².